The normalized spacial score (nSPS) is 19.4. The topological polar surface area (TPSA) is 41.3 Å². The number of nitrogens with zero attached hydrogens (tertiary/aromatic N) is 2. The van der Waals surface area contributed by atoms with Gasteiger partial charge < -0.3 is 14.6 Å². The van der Waals surface area contributed by atoms with Crippen LogP contribution in [0.15, 0.2) is 63.6 Å². The first-order valence-corrected chi connectivity index (χ1v) is 9.82. The van der Waals surface area contributed by atoms with Crippen molar-refractivity contribution >= 4 is 33.3 Å². The molecule has 3 heterocycles. The Hall–Kier alpha value is -2.25. The maximum atomic E-state index is 14.3. The number of benzene rings is 1. The van der Waals surface area contributed by atoms with Crippen LogP contribution < -0.4 is 5.32 Å². The van der Waals surface area contributed by atoms with E-state index >= 15 is 0 Å². The van der Waals surface area contributed by atoms with Gasteiger partial charge in [-0.2, -0.15) is 0 Å². The van der Waals surface area contributed by atoms with E-state index in [4.69, 9.17) is 16.6 Å². The second-order valence-electron chi connectivity index (χ2n) is 6.24. The highest BCUT2D eigenvalue weighted by Gasteiger charge is 2.40. The maximum absolute atomic E-state index is 14.3. The number of halogens is 2. The summed E-state index contributed by atoms with van der Waals surface area (Å²) >= 11 is 8.79. The molecule has 1 aliphatic heterocycles. The van der Waals surface area contributed by atoms with Crippen molar-refractivity contribution in [3.05, 3.63) is 76.5 Å². The van der Waals surface area contributed by atoms with Crippen LogP contribution in [-0.4, -0.2) is 21.5 Å². The van der Waals surface area contributed by atoms with Gasteiger partial charge in [0.1, 0.15) is 23.4 Å². The Morgan fingerprint density at radius 3 is 2.81 bits per heavy atom. The fourth-order valence-electron chi connectivity index (χ4n) is 3.40. The third kappa shape index (κ3) is 3.37. The number of rotatable bonds is 4. The molecule has 0 unspecified atom stereocenters. The second kappa shape index (κ2) is 7.40. The first-order valence-electron chi connectivity index (χ1n) is 8.61. The molecule has 0 amide bonds. The van der Waals surface area contributed by atoms with Gasteiger partial charge in [0.05, 0.1) is 17.3 Å². The van der Waals surface area contributed by atoms with Crippen molar-refractivity contribution in [1.29, 1.82) is 0 Å². The van der Waals surface area contributed by atoms with Crippen LogP contribution in [0.2, 0.25) is 0 Å². The number of hydrogen-bond acceptors (Lipinski definition) is 3. The number of pyridine rings is 1. The molecule has 1 saturated heterocycles. The zero-order chi connectivity index (χ0) is 19.0. The molecule has 138 valence electrons. The van der Waals surface area contributed by atoms with Crippen molar-refractivity contribution in [2.45, 2.75) is 19.0 Å². The van der Waals surface area contributed by atoms with Crippen LogP contribution in [0, 0.1) is 5.82 Å². The number of hydrogen-bond donors (Lipinski definition) is 1. The molecule has 0 radical (unpaired) electrons. The van der Waals surface area contributed by atoms with Crippen LogP contribution >= 0.6 is 28.1 Å². The van der Waals surface area contributed by atoms with Crippen LogP contribution in [0.3, 0.4) is 0 Å². The van der Waals surface area contributed by atoms with E-state index in [1.54, 1.807) is 24.4 Å². The lowest BCUT2D eigenvalue weighted by molar-refractivity contribution is 0.284. The van der Waals surface area contributed by atoms with E-state index in [9.17, 15) is 4.39 Å². The summed E-state index contributed by atoms with van der Waals surface area (Å²) in [5.41, 5.74) is 1.31. The van der Waals surface area contributed by atoms with Crippen LogP contribution in [0.4, 0.5) is 4.39 Å². The molecule has 4 nitrogen and oxygen atoms in total. The predicted octanol–water partition coefficient (Wildman–Crippen LogP) is 5.24. The summed E-state index contributed by atoms with van der Waals surface area (Å²) in [5.74, 6) is 0.875. The Bertz CT molecular complexity index is 978. The molecule has 0 aliphatic carbocycles. The lowest BCUT2D eigenvalue weighted by Gasteiger charge is -2.24. The van der Waals surface area contributed by atoms with E-state index in [1.807, 2.05) is 31.2 Å². The molecule has 1 aliphatic rings. The van der Waals surface area contributed by atoms with E-state index in [0.717, 1.165) is 18.0 Å². The van der Waals surface area contributed by atoms with Crippen LogP contribution in [0.25, 0.3) is 11.3 Å². The molecule has 0 bridgehead atoms. The third-order valence-corrected chi connectivity index (χ3v) is 5.50. The zero-order valence-corrected chi connectivity index (χ0v) is 16.9. The molecule has 3 aromatic rings. The smallest absolute Gasteiger partial charge is 0.170 e. The third-order valence-electron chi connectivity index (χ3n) is 4.65. The number of furan rings is 1. The molecule has 0 saturated carbocycles. The Balaban J connectivity index is 1.73. The van der Waals surface area contributed by atoms with Gasteiger partial charge in [-0.3, -0.25) is 4.98 Å². The summed E-state index contributed by atoms with van der Waals surface area (Å²) in [5, 5.41) is 4.00. The van der Waals surface area contributed by atoms with Gasteiger partial charge in [0.15, 0.2) is 5.11 Å². The summed E-state index contributed by atoms with van der Waals surface area (Å²) < 4.78 is 21.1. The molecule has 1 N–H and O–H groups in total. The highest BCUT2D eigenvalue weighted by molar-refractivity contribution is 9.10. The van der Waals surface area contributed by atoms with Crippen molar-refractivity contribution in [1.82, 2.24) is 15.2 Å². The number of thiocarbonyl (C=S) groups is 1. The second-order valence-corrected chi connectivity index (χ2v) is 7.54. The first kappa shape index (κ1) is 18.1. The van der Waals surface area contributed by atoms with Crippen molar-refractivity contribution in [2.75, 3.05) is 6.54 Å². The Morgan fingerprint density at radius 1 is 1.26 bits per heavy atom. The average molecular weight is 446 g/mol. The summed E-state index contributed by atoms with van der Waals surface area (Å²) in [4.78, 5) is 6.54. The van der Waals surface area contributed by atoms with Crippen molar-refractivity contribution in [3.63, 3.8) is 0 Å². The summed E-state index contributed by atoms with van der Waals surface area (Å²) in [7, 11) is 0. The molecule has 1 aromatic carbocycles. The van der Waals surface area contributed by atoms with E-state index in [1.165, 1.54) is 6.07 Å². The quantitative estimate of drug-likeness (QED) is 0.556. The zero-order valence-electron chi connectivity index (χ0n) is 14.5. The minimum atomic E-state index is -0.334. The number of likely N-dealkylation sites (N-methyl/N-ethyl adjacent to an activating group) is 1. The monoisotopic (exact) mass is 445 g/mol. The number of aromatic nitrogens is 1. The van der Waals surface area contributed by atoms with Gasteiger partial charge in [-0.05, 0) is 61.6 Å². The molecular formula is C20H17BrFN3OS. The van der Waals surface area contributed by atoms with E-state index in [-0.39, 0.29) is 17.9 Å². The summed E-state index contributed by atoms with van der Waals surface area (Å²) in [6.07, 6.45) is 1.76. The standard InChI is InChI=1S/C20H17BrFN3OS/c1-2-25-19(18(24-20(25)27)15-5-3-4-10-23-15)17-9-8-16(26-17)13-7-6-12(21)11-14(13)22/h3-11,18-19H,2H2,1H3,(H,24,27)/t18-,19-/m1/s1. The van der Waals surface area contributed by atoms with Gasteiger partial charge in [0.2, 0.25) is 0 Å². The van der Waals surface area contributed by atoms with Crippen LogP contribution in [0.1, 0.15) is 30.5 Å². The van der Waals surface area contributed by atoms with Crippen molar-refractivity contribution in [3.8, 4) is 11.3 Å². The molecule has 4 rings (SSSR count). The Morgan fingerprint density at radius 2 is 2.11 bits per heavy atom. The molecule has 27 heavy (non-hydrogen) atoms. The summed E-state index contributed by atoms with van der Waals surface area (Å²) in [6, 6.07) is 14.1. The molecular weight excluding hydrogens is 429 g/mol. The van der Waals surface area contributed by atoms with E-state index in [0.29, 0.717) is 20.9 Å². The maximum Gasteiger partial charge on any atom is 0.170 e. The minimum absolute atomic E-state index is 0.132. The first-order chi connectivity index (χ1) is 13.1. The highest BCUT2D eigenvalue weighted by Crippen LogP contribution is 2.40. The minimum Gasteiger partial charge on any atom is -0.459 e. The van der Waals surface area contributed by atoms with Gasteiger partial charge in [-0.15, -0.1) is 0 Å². The highest BCUT2D eigenvalue weighted by atomic mass is 79.9. The van der Waals surface area contributed by atoms with E-state index in [2.05, 4.69) is 31.1 Å². The molecule has 2 aromatic heterocycles. The largest absolute Gasteiger partial charge is 0.459 e. The van der Waals surface area contributed by atoms with Crippen LogP contribution in [-0.2, 0) is 0 Å². The number of nitrogens with one attached hydrogen (secondary N) is 1. The average Bonchev–Trinajstić information content (AvgIpc) is 3.26. The molecule has 7 heteroatoms. The van der Waals surface area contributed by atoms with Crippen molar-refractivity contribution in [2.24, 2.45) is 0 Å². The molecule has 0 spiro atoms. The Kier molecular flexibility index (Phi) is 4.97. The SMILES string of the molecule is CCN1C(=S)N[C@H](c2ccccn2)[C@H]1c1ccc(-c2ccc(Br)cc2F)o1. The van der Waals surface area contributed by atoms with Gasteiger partial charge in [-0.25, -0.2) is 4.39 Å². The van der Waals surface area contributed by atoms with Gasteiger partial charge >= 0.3 is 0 Å². The van der Waals surface area contributed by atoms with Gasteiger partial charge in [-0.1, -0.05) is 22.0 Å². The fourth-order valence-corrected chi connectivity index (χ4v) is 4.10. The molecule has 2 atom stereocenters. The lowest BCUT2D eigenvalue weighted by Crippen LogP contribution is -2.29. The van der Waals surface area contributed by atoms with Crippen molar-refractivity contribution < 1.29 is 8.81 Å². The van der Waals surface area contributed by atoms with Gasteiger partial charge in [0, 0.05) is 17.2 Å². The predicted molar refractivity (Wildman–Crippen MR) is 110 cm³/mol. The lowest BCUT2D eigenvalue weighted by atomic mass is 10.0. The van der Waals surface area contributed by atoms with Gasteiger partial charge in [0.25, 0.3) is 0 Å². The fraction of sp³-hybridized carbons (Fsp3) is 0.200. The summed E-state index contributed by atoms with van der Waals surface area (Å²) in [6.45, 7) is 2.77. The van der Waals surface area contributed by atoms with E-state index < -0.39 is 0 Å². The molecule has 1 fully saturated rings. The van der Waals surface area contributed by atoms with Crippen LogP contribution in [0.5, 0.6) is 0 Å². The Labute approximate surface area is 170 Å².